The molecule has 2 heterocycles. The first-order valence-electron chi connectivity index (χ1n) is 9.26. The van der Waals surface area contributed by atoms with Gasteiger partial charge >= 0.3 is 11.9 Å². The van der Waals surface area contributed by atoms with E-state index >= 15 is 0 Å². The number of methoxy groups -OCH3 is 1. The van der Waals surface area contributed by atoms with Crippen molar-refractivity contribution in [1.82, 2.24) is 14.6 Å². The maximum atomic E-state index is 12.3. The van der Waals surface area contributed by atoms with Crippen LogP contribution in [-0.2, 0) is 11.3 Å². The van der Waals surface area contributed by atoms with Crippen LogP contribution in [0, 0.1) is 11.6 Å². The van der Waals surface area contributed by atoms with Gasteiger partial charge in [-0.15, -0.1) is 0 Å². The zero-order valence-electron chi connectivity index (χ0n) is 16.8. The molecule has 0 spiro atoms. The molecule has 3 N–H and O–H groups in total. The van der Waals surface area contributed by atoms with E-state index in [1.165, 1.54) is 17.7 Å². The molecule has 0 radical (unpaired) electrons. The number of rotatable bonds is 4. The van der Waals surface area contributed by atoms with E-state index in [4.69, 9.17) is 5.73 Å². The van der Waals surface area contributed by atoms with Crippen LogP contribution >= 0.6 is 0 Å². The molecule has 4 rings (SSSR count). The summed E-state index contributed by atoms with van der Waals surface area (Å²) in [7, 11) is 1.21. The monoisotopic (exact) mass is 440 g/mol. The molecule has 2 aromatic carbocycles. The fourth-order valence-corrected chi connectivity index (χ4v) is 2.75. The summed E-state index contributed by atoms with van der Waals surface area (Å²) in [4.78, 5) is 27.1. The molecule has 0 unspecified atom stereocenters. The number of fused-ring (bicyclic) bond motifs is 1. The highest BCUT2D eigenvalue weighted by atomic mass is 19.2. The zero-order chi connectivity index (χ0) is 23.3. The van der Waals surface area contributed by atoms with E-state index in [0.717, 1.165) is 23.8 Å². The number of halogens is 2. The number of esters is 1. The Balaban J connectivity index is 0.000000243. The molecule has 0 aliphatic heterocycles. The lowest BCUT2D eigenvalue weighted by atomic mass is 10.2. The number of carbonyl (C=O) groups is 2. The van der Waals surface area contributed by atoms with Crippen molar-refractivity contribution in [2.75, 3.05) is 7.11 Å². The molecule has 164 valence electrons. The zero-order valence-corrected chi connectivity index (χ0v) is 16.8. The summed E-state index contributed by atoms with van der Waals surface area (Å²) in [6.07, 6.45) is 0. The highest BCUT2D eigenvalue weighted by Gasteiger charge is 2.18. The molecule has 0 atom stereocenters. The second kappa shape index (κ2) is 9.75. The Morgan fingerprint density at radius 1 is 1.06 bits per heavy atom. The molecule has 10 heteroatoms. The lowest BCUT2D eigenvalue weighted by Gasteiger charge is -2.02. The van der Waals surface area contributed by atoms with Crippen LogP contribution in [0.3, 0.4) is 0 Å². The fourth-order valence-electron chi connectivity index (χ4n) is 2.75. The van der Waals surface area contributed by atoms with Crippen molar-refractivity contribution in [1.29, 1.82) is 0 Å². The van der Waals surface area contributed by atoms with Crippen LogP contribution in [0.4, 0.5) is 8.78 Å². The number of nitrogens with zero attached hydrogens (tertiary/aromatic N) is 3. The summed E-state index contributed by atoms with van der Waals surface area (Å²) >= 11 is 0. The van der Waals surface area contributed by atoms with E-state index in [-0.39, 0.29) is 23.6 Å². The number of hydrogen-bond donors (Lipinski definition) is 2. The average Bonchev–Trinajstić information content (AvgIpc) is 3.24. The lowest BCUT2D eigenvalue weighted by molar-refractivity contribution is 0.0594. The maximum Gasteiger partial charge on any atom is 0.356 e. The van der Waals surface area contributed by atoms with Gasteiger partial charge in [0.1, 0.15) is 0 Å². The first kappa shape index (κ1) is 22.5. The van der Waals surface area contributed by atoms with Gasteiger partial charge in [0.15, 0.2) is 28.7 Å². The van der Waals surface area contributed by atoms with Crippen molar-refractivity contribution in [2.24, 2.45) is 5.73 Å². The summed E-state index contributed by atoms with van der Waals surface area (Å²) < 4.78 is 30.3. The number of hydrogen-bond acceptors (Lipinski definition) is 6. The molecule has 0 aliphatic rings. The van der Waals surface area contributed by atoms with Gasteiger partial charge in [-0.2, -0.15) is 5.10 Å². The van der Waals surface area contributed by atoms with Crippen molar-refractivity contribution in [2.45, 2.75) is 6.54 Å². The Bertz CT molecular complexity index is 1280. The van der Waals surface area contributed by atoms with Gasteiger partial charge in [-0.3, -0.25) is 0 Å². The smallest absolute Gasteiger partial charge is 0.356 e. The molecule has 0 saturated carbocycles. The van der Waals surface area contributed by atoms with Crippen LogP contribution in [0.25, 0.3) is 16.9 Å². The number of carboxylic acids is 1. The van der Waals surface area contributed by atoms with Gasteiger partial charge in [0.05, 0.1) is 12.8 Å². The summed E-state index contributed by atoms with van der Waals surface area (Å²) in [6.45, 7) is 0.233. The first-order valence-corrected chi connectivity index (χ1v) is 9.26. The number of aromatic carboxylic acids is 1. The van der Waals surface area contributed by atoms with Gasteiger partial charge in [0.25, 0.3) is 0 Å². The van der Waals surface area contributed by atoms with E-state index in [2.05, 4.69) is 14.8 Å². The maximum absolute atomic E-state index is 12.3. The number of ether oxygens (including phenoxy) is 1. The molecule has 4 aromatic rings. The molecule has 0 aliphatic carbocycles. The van der Waals surface area contributed by atoms with Crippen LogP contribution in [0.15, 0.2) is 60.7 Å². The number of nitrogens with two attached hydrogens (primary N) is 1. The summed E-state index contributed by atoms with van der Waals surface area (Å²) in [6, 6.07) is 15.7. The predicted molar refractivity (Wildman–Crippen MR) is 111 cm³/mol. The number of aromatic nitrogens is 3. The molecule has 32 heavy (non-hydrogen) atoms. The van der Waals surface area contributed by atoms with Crippen molar-refractivity contribution >= 4 is 17.6 Å². The van der Waals surface area contributed by atoms with Gasteiger partial charge in [-0.1, -0.05) is 36.4 Å². The summed E-state index contributed by atoms with van der Waals surface area (Å²) in [5, 5.41) is 13.6. The van der Waals surface area contributed by atoms with Gasteiger partial charge in [-0.05, 0) is 17.7 Å². The average molecular weight is 440 g/mol. The minimum Gasteiger partial charge on any atom is -0.477 e. The minimum absolute atomic E-state index is 0.0769. The Kier molecular flexibility index (Phi) is 6.86. The Morgan fingerprint density at radius 3 is 2.38 bits per heavy atom. The lowest BCUT2D eigenvalue weighted by Crippen LogP contribution is -2.12. The van der Waals surface area contributed by atoms with E-state index in [1.54, 1.807) is 6.07 Å². The molecular weight excluding hydrogens is 422 g/mol. The van der Waals surface area contributed by atoms with Gasteiger partial charge in [-0.25, -0.2) is 27.9 Å². The van der Waals surface area contributed by atoms with Crippen LogP contribution < -0.4 is 5.73 Å². The van der Waals surface area contributed by atoms with Crippen LogP contribution in [-0.4, -0.2) is 38.8 Å². The summed E-state index contributed by atoms with van der Waals surface area (Å²) in [5.74, 6) is -3.59. The molecule has 0 bridgehead atoms. The molecule has 0 saturated heterocycles. The predicted octanol–water partition coefficient (Wildman–Crippen LogP) is 3.30. The van der Waals surface area contributed by atoms with Crippen LogP contribution in [0.1, 0.15) is 26.5 Å². The Morgan fingerprint density at radius 2 is 1.78 bits per heavy atom. The molecule has 2 aromatic heterocycles. The third-order valence-electron chi connectivity index (χ3n) is 4.33. The number of carboxylic acid groups (broad SMARTS) is 1. The minimum atomic E-state index is -1.21. The number of benzene rings is 2. The summed E-state index contributed by atoms with van der Waals surface area (Å²) in [5.41, 5.74) is 7.19. The molecular formula is C22H18F2N4O4. The second-order valence-corrected chi connectivity index (χ2v) is 6.44. The van der Waals surface area contributed by atoms with E-state index in [1.807, 2.05) is 30.3 Å². The SMILES string of the molecule is COC(=O)c1cc(C(=O)O)n2nc(-c3ccccc3)cc2n1.NCc1ccc(F)c(F)c1. The first-order chi connectivity index (χ1) is 15.3. The molecule has 8 nitrogen and oxygen atoms in total. The van der Waals surface area contributed by atoms with E-state index < -0.39 is 23.6 Å². The fraction of sp³-hybridized carbons (Fsp3) is 0.0909. The quantitative estimate of drug-likeness (QED) is 0.467. The second-order valence-electron chi connectivity index (χ2n) is 6.44. The largest absolute Gasteiger partial charge is 0.477 e. The van der Waals surface area contributed by atoms with E-state index in [9.17, 15) is 23.5 Å². The van der Waals surface area contributed by atoms with Crippen molar-refractivity contribution < 1.29 is 28.2 Å². The topological polar surface area (TPSA) is 120 Å². The Labute approximate surface area is 180 Å². The van der Waals surface area contributed by atoms with Gasteiger partial charge in [0.2, 0.25) is 0 Å². The normalized spacial score (nSPS) is 10.4. The number of carbonyl (C=O) groups excluding carboxylic acids is 1. The highest BCUT2D eigenvalue weighted by molar-refractivity contribution is 5.93. The third-order valence-corrected chi connectivity index (χ3v) is 4.33. The van der Waals surface area contributed by atoms with Crippen molar-refractivity contribution in [3.63, 3.8) is 0 Å². The van der Waals surface area contributed by atoms with Crippen LogP contribution in [0.5, 0.6) is 0 Å². The van der Waals surface area contributed by atoms with Gasteiger partial charge < -0.3 is 15.6 Å². The highest BCUT2D eigenvalue weighted by Crippen LogP contribution is 2.20. The van der Waals surface area contributed by atoms with Crippen LogP contribution in [0.2, 0.25) is 0 Å². The van der Waals surface area contributed by atoms with Crippen molar-refractivity contribution in [3.05, 3.63) is 89.2 Å². The Hall–Kier alpha value is -4.18. The van der Waals surface area contributed by atoms with Crippen molar-refractivity contribution in [3.8, 4) is 11.3 Å². The molecule has 0 amide bonds. The van der Waals surface area contributed by atoms with E-state index in [0.29, 0.717) is 11.3 Å². The van der Waals surface area contributed by atoms with Gasteiger partial charge in [0, 0.05) is 24.2 Å². The third kappa shape index (κ3) is 4.93. The molecule has 0 fully saturated rings. The standard InChI is InChI=1S/C15H11N3O4.C7H7F2N/c1-22-15(21)11-7-12(14(19)20)18-13(16-11)8-10(17-18)9-5-3-2-4-6-9;8-6-2-1-5(4-10)3-7(6)9/h2-8H,1H3,(H,19,20);1-3H,4,10H2.